The van der Waals surface area contributed by atoms with E-state index >= 15 is 0 Å². The smallest absolute Gasteiger partial charge is 0.251 e. The molecule has 2 aliphatic heterocycles. The van der Waals surface area contributed by atoms with Gasteiger partial charge >= 0.3 is 0 Å². The number of nitrogens with zero attached hydrogens (tertiary/aromatic N) is 3. The Hall–Kier alpha value is -1.59. The molecule has 1 amide bonds. The van der Waals surface area contributed by atoms with E-state index in [0.29, 0.717) is 6.04 Å². The summed E-state index contributed by atoms with van der Waals surface area (Å²) in [5.74, 6) is 0.0546. The van der Waals surface area contributed by atoms with Crippen molar-refractivity contribution in [1.29, 1.82) is 0 Å². The lowest BCUT2D eigenvalue weighted by Gasteiger charge is -2.41. The molecule has 0 aliphatic carbocycles. The number of amides is 1. The van der Waals surface area contributed by atoms with Crippen molar-refractivity contribution in [1.82, 2.24) is 15.1 Å². The van der Waals surface area contributed by atoms with Crippen LogP contribution in [0.3, 0.4) is 0 Å². The highest BCUT2D eigenvalue weighted by atomic mass is 16.1. The standard InChI is InChI=1S/C20H32N4O/c1-22(2)19-8-4-6-16(14-19)20(25)21-17-7-5-11-24(15-17)18-9-12-23(3)13-10-18/h4,6,8,14,17-18H,5,7,9-13,15H2,1-3H3,(H,21,25)/t17-/m1/s1. The summed E-state index contributed by atoms with van der Waals surface area (Å²) in [6, 6.07) is 8.80. The monoisotopic (exact) mass is 344 g/mol. The van der Waals surface area contributed by atoms with Crippen LogP contribution < -0.4 is 10.2 Å². The minimum Gasteiger partial charge on any atom is -0.378 e. The van der Waals surface area contributed by atoms with Crippen molar-refractivity contribution in [2.75, 3.05) is 52.2 Å². The van der Waals surface area contributed by atoms with Gasteiger partial charge in [0.2, 0.25) is 0 Å². The topological polar surface area (TPSA) is 38.8 Å². The van der Waals surface area contributed by atoms with Crippen molar-refractivity contribution in [2.45, 2.75) is 37.8 Å². The SMILES string of the molecule is CN1CCC(N2CCC[C@@H](NC(=O)c3cccc(N(C)C)c3)C2)CC1. The van der Waals surface area contributed by atoms with Crippen LogP contribution in [0.1, 0.15) is 36.0 Å². The third-order valence-corrected chi connectivity index (χ3v) is 5.62. The van der Waals surface area contributed by atoms with E-state index < -0.39 is 0 Å². The molecule has 0 saturated carbocycles. The summed E-state index contributed by atoms with van der Waals surface area (Å²) < 4.78 is 0. The molecule has 2 aliphatic rings. The maximum atomic E-state index is 12.7. The molecule has 25 heavy (non-hydrogen) atoms. The Kier molecular flexibility index (Phi) is 5.97. The first-order chi connectivity index (χ1) is 12.0. The molecule has 1 aromatic carbocycles. The number of carbonyl (C=O) groups excluding carboxylic acids is 1. The maximum absolute atomic E-state index is 12.7. The van der Waals surface area contributed by atoms with Gasteiger partial charge < -0.3 is 15.1 Å². The number of anilines is 1. The van der Waals surface area contributed by atoms with Crippen LogP contribution in [-0.2, 0) is 0 Å². The Labute approximate surface area is 152 Å². The molecule has 3 rings (SSSR count). The van der Waals surface area contributed by atoms with Crippen LogP contribution in [0.5, 0.6) is 0 Å². The number of hydrogen-bond acceptors (Lipinski definition) is 4. The molecule has 2 heterocycles. The van der Waals surface area contributed by atoms with Gasteiger partial charge in [0.05, 0.1) is 0 Å². The normalized spacial score (nSPS) is 23.4. The summed E-state index contributed by atoms with van der Waals surface area (Å²) in [7, 11) is 6.20. The fourth-order valence-corrected chi connectivity index (χ4v) is 4.01. The van der Waals surface area contributed by atoms with Crippen LogP contribution in [0.2, 0.25) is 0 Å². The number of carbonyl (C=O) groups is 1. The second-order valence-corrected chi connectivity index (χ2v) is 7.79. The van der Waals surface area contributed by atoms with E-state index in [0.717, 1.165) is 24.2 Å². The first kappa shape index (κ1) is 18.2. The fourth-order valence-electron chi connectivity index (χ4n) is 4.01. The second kappa shape index (κ2) is 8.19. The zero-order valence-electron chi connectivity index (χ0n) is 15.9. The number of benzene rings is 1. The summed E-state index contributed by atoms with van der Waals surface area (Å²) in [6.45, 7) is 4.55. The lowest BCUT2D eigenvalue weighted by atomic mass is 9.98. The largest absolute Gasteiger partial charge is 0.378 e. The average Bonchev–Trinajstić information content (AvgIpc) is 2.62. The van der Waals surface area contributed by atoms with Gasteiger partial charge in [-0.25, -0.2) is 0 Å². The lowest BCUT2D eigenvalue weighted by molar-refractivity contribution is 0.0766. The molecule has 0 unspecified atom stereocenters. The van der Waals surface area contributed by atoms with Crippen LogP contribution in [0.25, 0.3) is 0 Å². The van der Waals surface area contributed by atoms with Crippen molar-refractivity contribution < 1.29 is 4.79 Å². The van der Waals surface area contributed by atoms with E-state index in [9.17, 15) is 4.79 Å². The van der Waals surface area contributed by atoms with Crippen molar-refractivity contribution in [3.63, 3.8) is 0 Å². The minimum absolute atomic E-state index is 0.0546. The maximum Gasteiger partial charge on any atom is 0.251 e. The van der Waals surface area contributed by atoms with Crippen LogP contribution in [0.15, 0.2) is 24.3 Å². The van der Waals surface area contributed by atoms with Gasteiger partial charge in [0.15, 0.2) is 0 Å². The van der Waals surface area contributed by atoms with Crippen LogP contribution in [0, 0.1) is 0 Å². The predicted octanol–water partition coefficient (Wildman–Crippen LogP) is 2.04. The predicted molar refractivity (Wildman–Crippen MR) is 103 cm³/mol. The fraction of sp³-hybridized carbons (Fsp3) is 0.650. The van der Waals surface area contributed by atoms with Gasteiger partial charge in [0, 0.05) is 44.0 Å². The average molecular weight is 345 g/mol. The van der Waals surface area contributed by atoms with Crippen LogP contribution in [-0.4, -0.2) is 75.1 Å². The Bertz CT molecular complexity index is 581. The highest BCUT2D eigenvalue weighted by molar-refractivity contribution is 5.95. The number of hydrogen-bond donors (Lipinski definition) is 1. The molecule has 1 N–H and O–H groups in total. The number of nitrogens with one attached hydrogen (secondary N) is 1. The molecule has 0 spiro atoms. The molecule has 2 fully saturated rings. The van der Waals surface area contributed by atoms with Gasteiger partial charge in [0.1, 0.15) is 0 Å². The molecule has 2 saturated heterocycles. The van der Waals surface area contributed by atoms with Gasteiger partial charge in [-0.2, -0.15) is 0 Å². The van der Waals surface area contributed by atoms with Gasteiger partial charge in [-0.1, -0.05) is 6.07 Å². The third kappa shape index (κ3) is 4.73. The van der Waals surface area contributed by atoms with E-state index in [1.165, 1.54) is 38.9 Å². The van der Waals surface area contributed by atoms with E-state index in [4.69, 9.17) is 0 Å². The van der Waals surface area contributed by atoms with Crippen molar-refractivity contribution in [3.8, 4) is 0 Å². The highest BCUT2D eigenvalue weighted by Crippen LogP contribution is 2.21. The zero-order chi connectivity index (χ0) is 17.8. The molecule has 0 radical (unpaired) electrons. The molecule has 138 valence electrons. The molecule has 0 aromatic heterocycles. The third-order valence-electron chi connectivity index (χ3n) is 5.62. The number of piperidine rings is 2. The highest BCUT2D eigenvalue weighted by Gasteiger charge is 2.28. The Morgan fingerprint density at radius 3 is 2.64 bits per heavy atom. The number of likely N-dealkylation sites (tertiary alicyclic amines) is 2. The van der Waals surface area contributed by atoms with E-state index in [-0.39, 0.29) is 11.9 Å². The molecule has 1 aromatic rings. The van der Waals surface area contributed by atoms with Crippen molar-refractivity contribution in [3.05, 3.63) is 29.8 Å². The van der Waals surface area contributed by atoms with Gasteiger partial charge in [-0.05, 0) is 70.6 Å². The van der Waals surface area contributed by atoms with Gasteiger partial charge in [-0.3, -0.25) is 9.69 Å². The molecular weight excluding hydrogens is 312 g/mol. The molecule has 5 nitrogen and oxygen atoms in total. The number of rotatable bonds is 4. The Morgan fingerprint density at radius 1 is 1.16 bits per heavy atom. The summed E-state index contributed by atoms with van der Waals surface area (Å²) in [4.78, 5) is 19.7. The minimum atomic E-state index is 0.0546. The molecule has 0 bridgehead atoms. The zero-order valence-corrected chi connectivity index (χ0v) is 15.9. The summed E-state index contributed by atoms with van der Waals surface area (Å²) >= 11 is 0. The van der Waals surface area contributed by atoms with E-state index in [1.54, 1.807) is 0 Å². The quantitative estimate of drug-likeness (QED) is 0.907. The molecule has 5 heteroatoms. The lowest BCUT2D eigenvalue weighted by Crippen LogP contribution is -2.53. The second-order valence-electron chi connectivity index (χ2n) is 7.79. The molecular formula is C20H32N4O. The van der Waals surface area contributed by atoms with Crippen molar-refractivity contribution >= 4 is 11.6 Å². The van der Waals surface area contributed by atoms with E-state index in [2.05, 4.69) is 22.2 Å². The Balaban J connectivity index is 1.57. The van der Waals surface area contributed by atoms with E-state index in [1.807, 2.05) is 43.3 Å². The summed E-state index contributed by atoms with van der Waals surface area (Å²) in [5, 5.41) is 3.27. The van der Waals surface area contributed by atoms with Gasteiger partial charge in [0.25, 0.3) is 5.91 Å². The molecule has 1 atom stereocenters. The first-order valence-corrected chi connectivity index (χ1v) is 9.54. The van der Waals surface area contributed by atoms with Crippen molar-refractivity contribution in [2.24, 2.45) is 0 Å². The first-order valence-electron chi connectivity index (χ1n) is 9.54. The summed E-state index contributed by atoms with van der Waals surface area (Å²) in [5.41, 5.74) is 1.81. The van der Waals surface area contributed by atoms with Crippen LogP contribution in [0.4, 0.5) is 5.69 Å². The van der Waals surface area contributed by atoms with Crippen LogP contribution >= 0.6 is 0 Å². The Morgan fingerprint density at radius 2 is 1.92 bits per heavy atom. The van der Waals surface area contributed by atoms with Gasteiger partial charge in [-0.15, -0.1) is 0 Å². The summed E-state index contributed by atoms with van der Waals surface area (Å²) in [6.07, 6.45) is 4.77.